The van der Waals surface area contributed by atoms with Gasteiger partial charge in [0, 0.05) is 11.8 Å². The zero-order valence-electron chi connectivity index (χ0n) is 36.8. The highest BCUT2D eigenvalue weighted by molar-refractivity contribution is 5.94. The number of hydrogen-bond acceptors (Lipinski definition) is 17. The van der Waals surface area contributed by atoms with Crippen LogP contribution in [0.1, 0.15) is 99.3 Å². The summed E-state index contributed by atoms with van der Waals surface area (Å²) in [6.07, 6.45) is -12.1. The largest absolute Gasteiger partial charge is 0.394 e. The third kappa shape index (κ3) is 8.19. The Kier molecular flexibility index (Phi) is 13.8. The molecule has 0 spiro atoms. The lowest BCUT2D eigenvalue weighted by Crippen LogP contribution is -2.64. The van der Waals surface area contributed by atoms with Crippen molar-refractivity contribution in [2.45, 2.75) is 210 Å². The first-order chi connectivity index (χ1) is 29.3. The predicted molar refractivity (Wildman–Crippen MR) is 215 cm³/mol. The molecule has 9 N–H and O–H groups in total. The molecule has 8 rings (SSSR count). The molecule has 7 fully saturated rings. The van der Waals surface area contributed by atoms with Crippen LogP contribution in [0.5, 0.6) is 0 Å². The molecule has 4 heterocycles. The van der Waals surface area contributed by atoms with Crippen LogP contribution in [-0.4, -0.2) is 169 Å². The van der Waals surface area contributed by atoms with Crippen molar-refractivity contribution in [1.82, 2.24) is 0 Å². The first kappa shape index (κ1) is 47.3. The van der Waals surface area contributed by atoms with Crippen molar-refractivity contribution in [2.24, 2.45) is 46.3 Å². The van der Waals surface area contributed by atoms with Gasteiger partial charge in [0.25, 0.3) is 0 Å². The van der Waals surface area contributed by atoms with Crippen molar-refractivity contribution in [3.63, 3.8) is 0 Å². The number of fused-ring (bicyclic) bond motifs is 5. The lowest BCUT2D eigenvalue weighted by atomic mass is 9.47. The van der Waals surface area contributed by atoms with E-state index in [0.29, 0.717) is 25.2 Å². The number of hydrogen-bond donors (Lipinski definition) is 9. The minimum atomic E-state index is -1.68. The zero-order valence-corrected chi connectivity index (χ0v) is 36.8. The lowest BCUT2D eigenvalue weighted by Gasteiger charge is -2.57. The van der Waals surface area contributed by atoms with E-state index in [-0.39, 0.29) is 52.3 Å². The van der Waals surface area contributed by atoms with Gasteiger partial charge in [-0.2, -0.15) is 0 Å². The maximum absolute atomic E-state index is 14.4. The van der Waals surface area contributed by atoms with Crippen LogP contribution < -0.4 is 0 Å². The second-order valence-electron chi connectivity index (χ2n) is 20.7. The van der Waals surface area contributed by atoms with Crippen molar-refractivity contribution in [2.75, 3.05) is 6.61 Å². The Morgan fingerprint density at radius 2 is 1.24 bits per heavy atom. The van der Waals surface area contributed by atoms with E-state index in [1.54, 1.807) is 6.92 Å². The van der Waals surface area contributed by atoms with E-state index in [9.17, 15) is 50.8 Å². The molecule has 4 aliphatic heterocycles. The molecule has 4 aliphatic carbocycles. The van der Waals surface area contributed by atoms with Crippen LogP contribution in [0, 0.1) is 46.3 Å². The van der Waals surface area contributed by atoms with E-state index in [2.05, 4.69) is 20.8 Å². The van der Waals surface area contributed by atoms with Crippen LogP contribution in [-0.2, 0) is 38.0 Å². The molecular formula is C45H72O17. The summed E-state index contributed by atoms with van der Waals surface area (Å²) in [6, 6.07) is 0. The predicted octanol–water partition coefficient (Wildman–Crippen LogP) is 0.403. The van der Waals surface area contributed by atoms with Gasteiger partial charge in [-0.05, 0) is 112 Å². The maximum atomic E-state index is 14.4. The fourth-order valence-electron chi connectivity index (χ4n) is 13.1. The highest BCUT2D eigenvalue weighted by Gasteiger charge is 2.61. The molecule has 4 saturated heterocycles. The fourth-order valence-corrected chi connectivity index (χ4v) is 13.1. The van der Waals surface area contributed by atoms with E-state index in [0.717, 1.165) is 38.5 Å². The van der Waals surface area contributed by atoms with Gasteiger partial charge in [-0.3, -0.25) is 4.79 Å². The minimum absolute atomic E-state index is 0.0327. The fraction of sp³-hybridized carbons (Fsp3) is 0.933. The highest BCUT2D eigenvalue weighted by Crippen LogP contribution is 2.67. The second-order valence-corrected chi connectivity index (χ2v) is 20.7. The molecule has 0 bridgehead atoms. The van der Waals surface area contributed by atoms with Crippen molar-refractivity contribution < 1.29 is 83.9 Å². The Hall–Kier alpha value is -1.23. The number of ether oxygens (including phenoxy) is 7. The number of allylic oxidation sites excluding steroid dienone is 2. The second kappa shape index (κ2) is 18.1. The molecule has 354 valence electrons. The molecule has 0 radical (unpaired) electrons. The quantitative estimate of drug-likeness (QED) is 0.152. The van der Waals surface area contributed by atoms with Crippen molar-refractivity contribution >= 4 is 5.78 Å². The average Bonchev–Trinajstić information content (AvgIpc) is 3.60. The number of rotatable bonds is 9. The van der Waals surface area contributed by atoms with Gasteiger partial charge in [0.05, 0.1) is 31.0 Å². The number of carbonyl (C=O) groups excluding carboxylic acids is 1. The molecule has 8 aliphatic rings. The number of aliphatic hydroxyl groups is 9. The van der Waals surface area contributed by atoms with Gasteiger partial charge < -0.3 is 79.1 Å². The van der Waals surface area contributed by atoms with Crippen molar-refractivity contribution in [3.8, 4) is 0 Å². The summed E-state index contributed by atoms with van der Waals surface area (Å²) < 4.78 is 42.6. The Morgan fingerprint density at radius 1 is 0.629 bits per heavy atom. The van der Waals surface area contributed by atoms with E-state index < -0.39 is 111 Å². The smallest absolute Gasteiger partial charge is 0.189 e. The number of ketones is 1. The molecular weight excluding hydrogens is 812 g/mol. The van der Waals surface area contributed by atoms with Crippen LogP contribution in [0.15, 0.2) is 11.6 Å². The topological polar surface area (TPSA) is 264 Å². The normalized spacial score (nSPS) is 55.1. The molecule has 26 atom stereocenters. The van der Waals surface area contributed by atoms with Gasteiger partial charge in [0.1, 0.15) is 61.0 Å². The Labute approximate surface area is 363 Å². The van der Waals surface area contributed by atoms with Crippen LogP contribution in [0.25, 0.3) is 0 Å². The van der Waals surface area contributed by atoms with E-state index in [4.69, 9.17) is 33.2 Å². The van der Waals surface area contributed by atoms with Crippen LogP contribution in [0.4, 0.5) is 0 Å². The van der Waals surface area contributed by atoms with Gasteiger partial charge >= 0.3 is 0 Å². The first-order valence-electron chi connectivity index (χ1n) is 23.2. The molecule has 17 heteroatoms. The Morgan fingerprint density at radius 3 is 1.89 bits per heavy atom. The Balaban J connectivity index is 0.936. The minimum Gasteiger partial charge on any atom is -0.394 e. The van der Waals surface area contributed by atoms with Gasteiger partial charge in [0.15, 0.2) is 30.9 Å². The summed E-state index contributed by atoms with van der Waals surface area (Å²) in [5.74, 6) is 0.751. The van der Waals surface area contributed by atoms with Crippen LogP contribution in [0.2, 0.25) is 0 Å². The molecule has 62 heavy (non-hydrogen) atoms. The molecule has 0 aromatic carbocycles. The standard InChI is InChI=1S/C45H72O17/c1-18-7-10-29(59-40(18)62-42-38(55)35(52)32(49)21(4)57-42)19(2)24-8-9-25-23-16-28(47)27-15-22(11-13-45(27,6)26(23)12-14-44(24,25)5)58-43-39(36(53)33(50)30(17-46)60-43)61-41-37(54)34(51)31(48)20(3)56-41/h16,18-22,24-27,29-43,46,48-55H,7-15,17H2,1-6H3/t18-,19-,20?,21?,22-,24+,25-,26-,27+,29+,30?,31?,32?,33?,34?,35?,36?,37?,38?,39?,40+,41?,42?,43?,44+,45+/m0/s1. The van der Waals surface area contributed by atoms with Gasteiger partial charge in [0.2, 0.25) is 0 Å². The molecule has 0 aromatic heterocycles. The number of carbonyl (C=O) groups is 1. The van der Waals surface area contributed by atoms with Crippen LogP contribution in [0.3, 0.4) is 0 Å². The highest BCUT2D eigenvalue weighted by atomic mass is 16.8. The summed E-state index contributed by atoms with van der Waals surface area (Å²) in [6.45, 7) is 11.4. The third-order valence-electron chi connectivity index (χ3n) is 17.2. The maximum Gasteiger partial charge on any atom is 0.189 e. The van der Waals surface area contributed by atoms with Gasteiger partial charge in [-0.15, -0.1) is 0 Å². The van der Waals surface area contributed by atoms with E-state index in [1.165, 1.54) is 12.5 Å². The van der Waals surface area contributed by atoms with Gasteiger partial charge in [-0.25, -0.2) is 0 Å². The molecule has 3 saturated carbocycles. The summed E-state index contributed by atoms with van der Waals surface area (Å²) in [4.78, 5) is 14.4. The van der Waals surface area contributed by atoms with Crippen molar-refractivity contribution in [1.29, 1.82) is 0 Å². The molecule has 15 unspecified atom stereocenters. The van der Waals surface area contributed by atoms with Crippen molar-refractivity contribution in [3.05, 3.63) is 11.6 Å². The summed E-state index contributed by atoms with van der Waals surface area (Å²) >= 11 is 0. The monoisotopic (exact) mass is 884 g/mol. The van der Waals surface area contributed by atoms with E-state index >= 15 is 0 Å². The molecule has 17 nitrogen and oxygen atoms in total. The average molecular weight is 885 g/mol. The lowest BCUT2D eigenvalue weighted by molar-refractivity contribution is -0.370. The summed E-state index contributed by atoms with van der Waals surface area (Å²) in [5, 5.41) is 94.4. The van der Waals surface area contributed by atoms with Gasteiger partial charge in [-0.1, -0.05) is 33.3 Å². The molecule has 0 aromatic rings. The summed E-state index contributed by atoms with van der Waals surface area (Å²) in [5.41, 5.74) is 0.899. The summed E-state index contributed by atoms with van der Waals surface area (Å²) in [7, 11) is 0. The Bertz CT molecular complexity index is 1620. The third-order valence-corrected chi connectivity index (χ3v) is 17.2. The SMILES string of the molecule is CC1OC(OC2C(O[C@H]3CC[C@@]4(C)[C@H](C3)C(=O)C=C3[C@@H]4CC[C@]4(C)[C@@H]([C@H](C)[C@H]5CC[C@H](C)[C@@H](OC6OC(C)C(O)C(O)C6O)O5)CC[C@@H]34)OC(CO)C(O)C2O)C(O)C(O)C1O. The zero-order chi connectivity index (χ0) is 44.7. The first-order valence-corrected chi connectivity index (χ1v) is 23.2. The van der Waals surface area contributed by atoms with E-state index in [1.807, 2.05) is 13.0 Å². The number of aliphatic hydroxyl groups excluding tert-OH is 9. The van der Waals surface area contributed by atoms with Crippen LogP contribution >= 0.6 is 0 Å². The molecule has 0 amide bonds.